The summed E-state index contributed by atoms with van der Waals surface area (Å²) in [4.78, 5) is 25.1. The van der Waals surface area contributed by atoms with Gasteiger partial charge in [0.1, 0.15) is 12.3 Å². The van der Waals surface area contributed by atoms with Gasteiger partial charge in [-0.05, 0) is 31.0 Å². The minimum absolute atomic E-state index is 0.00228. The van der Waals surface area contributed by atoms with E-state index in [4.69, 9.17) is 11.6 Å². The van der Waals surface area contributed by atoms with Crippen molar-refractivity contribution in [1.82, 2.24) is 10.3 Å². The van der Waals surface area contributed by atoms with E-state index >= 15 is 0 Å². The highest BCUT2D eigenvalue weighted by molar-refractivity contribution is 6.30. The number of hydrogen-bond acceptors (Lipinski definition) is 4. The second-order valence-corrected chi connectivity index (χ2v) is 5.56. The third-order valence-corrected chi connectivity index (χ3v) is 3.62. The summed E-state index contributed by atoms with van der Waals surface area (Å²) < 4.78 is 0. The SMILES string of the molecule is O=C(CN1CCCCCC1=O)N/N=C/c1cc(Cl)ccc1O. The highest BCUT2D eigenvalue weighted by Crippen LogP contribution is 2.19. The highest BCUT2D eigenvalue weighted by Gasteiger charge is 2.18. The molecule has 0 saturated carbocycles. The highest BCUT2D eigenvalue weighted by atomic mass is 35.5. The Hall–Kier alpha value is -2.08. The number of carbonyl (C=O) groups is 2. The zero-order valence-electron chi connectivity index (χ0n) is 12.1. The first-order valence-electron chi connectivity index (χ1n) is 7.14. The summed E-state index contributed by atoms with van der Waals surface area (Å²) in [5, 5.41) is 13.8. The first kappa shape index (κ1) is 16.3. The molecule has 118 valence electrons. The molecule has 0 aromatic heterocycles. The maximum absolute atomic E-state index is 11.8. The van der Waals surface area contributed by atoms with E-state index in [9.17, 15) is 14.7 Å². The van der Waals surface area contributed by atoms with E-state index in [1.165, 1.54) is 18.3 Å². The maximum Gasteiger partial charge on any atom is 0.259 e. The Bertz CT molecular complexity index is 589. The van der Waals surface area contributed by atoms with Crippen LogP contribution in [-0.4, -0.2) is 41.1 Å². The molecular formula is C15H18ClN3O3. The Morgan fingerprint density at radius 3 is 3.05 bits per heavy atom. The van der Waals surface area contributed by atoms with Crippen molar-refractivity contribution in [1.29, 1.82) is 0 Å². The molecule has 22 heavy (non-hydrogen) atoms. The van der Waals surface area contributed by atoms with Crippen LogP contribution in [0.5, 0.6) is 5.75 Å². The van der Waals surface area contributed by atoms with Crippen molar-refractivity contribution in [3.8, 4) is 5.75 Å². The molecule has 7 heteroatoms. The number of amides is 2. The molecule has 1 saturated heterocycles. The van der Waals surface area contributed by atoms with Crippen LogP contribution in [0.3, 0.4) is 0 Å². The van der Waals surface area contributed by atoms with Crippen molar-refractivity contribution >= 4 is 29.6 Å². The van der Waals surface area contributed by atoms with Crippen LogP contribution in [0.4, 0.5) is 0 Å². The van der Waals surface area contributed by atoms with Crippen LogP contribution in [-0.2, 0) is 9.59 Å². The van der Waals surface area contributed by atoms with Crippen LogP contribution in [0.1, 0.15) is 31.2 Å². The Balaban J connectivity index is 1.88. The van der Waals surface area contributed by atoms with E-state index < -0.39 is 0 Å². The lowest BCUT2D eigenvalue weighted by atomic mass is 10.2. The molecule has 0 aliphatic carbocycles. The number of hydrazone groups is 1. The Kier molecular flexibility index (Phi) is 5.77. The summed E-state index contributed by atoms with van der Waals surface area (Å²) in [6.45, 7) is 0.600. The van der Waals surface area contributed by atoms with Crippen molar-refractivity contribution in [2.75, 3.05) is 13.1 Å². The number of hydrogen-bond donors (Lipinski definition) is 2. The van der Waals surface area contributed by atoms with E-state index in [1.54, 1.807) is 11.0 Å². The molecule has 2 amide bonds. The number of phenolic OH excluding ortho intramolecular Hbond substituents is 1. The van der Waals surface area contributed by atoms with Crippen molar-refractivity contribution in [2.24, 2.45) is 5.10 Å². The fourth-order valence-corrected chi connectivity index (χ4v) is 2.40. The Morgan fingerprint density at radius 1 is 1.41 bits per heavy atom. The van der Waals surface area contributed by atoms with Gasteiger partial charge in [0.15, 0.2) is 0 Å². The number of nitrogens with one attached hydrogen (secondary N) is 1. The molecule has 2 N–H and O–H groups in total. The normalized spacial score (nSPS) is 15.9. The average molecular weight is 324 g/mol. The smallest absolute Gasteiger partial charge is 0.259 e. The standard InChI is InChI=1S/C15H18ClN3O3/c16-12-5-6-13(20)11(8-12)9-17-18-14(21)10-19-7-3-1-2-4-15(19)22/h5-6,8-9,20H,1-4,7,10H2,(H,18,21)/b17-9+. The lowest BCUT2D eigenvalue weighted by molar-refractivity contribution is -0.135. The molecule has 1 heterocycles. The predicted molar refractivity (Wildman–Crippen MR) is 83.9 cm³/mol. The number of rotatable bonds is 4. The van der Waals surface area contributed by atoms with E-state index in [-0.39, 0.29) is 24.1 Å². The van der Waals surface area contributed by atoms with Crippen LogP contribution in [0.25, 0.3) is 0 Å². The summed E-state index contributed by atoms with van der Waals surface area (Å²) in [7, 11) is 0. The van der Waals surface area contributed by atoms with E-state index in [0.29, 0.717) is 23.6 Å². The van der Waals surface area contributed by atoms with Crippen LogP contribution in [0, 0.1) is 0 Å². The molecule has 1 fully saturated rings. The second-order valence-electron chi connectivity index (χ2n) is 5.12. The molecule has 0 bridgehead atoms. The number of phenols is 1. The fraction of sp³-hybridized carbons (Fsp3) is 0.400. The summed E-state index contributed by atoms with van der Waals surface area (Å²) >= 11 is 5.81. The van der Waals surface area contributed by atoms with Gasteiger partial charge in [0.25, 0.3) is 5.91 Å². The van der Waals surface area contributed by atoms with E-state index in [0.717, 1.165) is 19.3 Å². The minimum atomic E-state index is -0.368. The number of carbonyl (C=O) groups excluding carboxylic acids is 2. The number of likely N-dealkylation sites (tertiary alicyclic amines) is 1. The number of benzene rings is 1. The molecule has 6 nitrogen and oxygen atoms in total. The first-order chi connectivity index (χ1) is 10.6. The first-order valence-corrected chi connectivity index (χ1v) is 7.52. The van der Waals surface area contributed by atoms with Crippen molar-refractivity contribution in [3.05, 3.63) is 28.8 Å². The minimum Gasteiger partial charge on any atom is -0.507 e. The van der Waals surface area contributed by atoms with Gasteiger partial charge in [-0.25, -0.2) is 5.43 Å². The summed E-state index contributed by atoms with van der Waals surface area (Å²) in [6.07, 6.45) is 4.61. The molecule has 0 spiro atoms. The molecule has 0 unspecified atom stereocenters. The van der Waals surface area contributed by atoms with Gasteiger partial charge in [-0.3, -0.25) is 9.59 Å². The molecule has 0 atom stereocenters. The molecular weight excluding hydrogens is 306 g/mol. The van der Waals surface area contributed by atoms with Gasteiger partial charge in [-0.1, -0.05) is 18.0 Å². The van der Waals surface area contributed by atoms with Crippen LogP contribution in [0.15, 0.2) is 23.3 Å². The van der Waals surface area contributed by atoms with Crippen molar-refractivity contribution in [2.45, 2.75) is 25.7 Å². The van der Waals surface area contributed by atoms with Crippen LogP contribution < -0.4 is 5.43 Å². The predicted octanol–water partition coefficient (Wildman–Crippen LogP) is 1.90. The second kappa shape index (κ2) is 7.79. The maximum atomic E-state index is 11.8. The van der Waals surface area contributed by atoms with E-state index in [1.807, 2.05) is 0 Å². The summed E-state index contributed by atoms with van der Waals surface area (Å²) in [6, 6.07) is 4.53. The van der Waals surface area contributed by atoms with Gasteiger partial charge in [0.05, 0.1) is 6.21 Å². The van der Waals surface area contributed by atoms with Gasteiger partial charge in [-0.2, -0.15) is 5.10 Å². The molecule has 1 aromatic rings. The molecule has 1 aliphatic heterocycles. The van der Waals surface area contributed by atoms with Crippen molar-refractivity contribution in [3.63, 3.8) is 0 Å². The van der Waals surface area contributed by atoms with Gasteiger partial charge >= 0.3 is 0 Å². The van der Waals surface area contributed by atoms with Gasteiger partial charge in [-0.15, -0.1) is 0 Å². The lowest BCUT2D eigenvalue weighted by Crippen LogP contribution is -2.39. The Morgan fingerprint density at radius 2 is 2.23 bits per heavy atom. The van der Waals surface area contributed by atoms with Crippen LogP contribution >= 0.6 is 11.6 Å². The number of halogens is 1. The summed E-state index contributed by atoms with van der Waals surface area (Å²) in [5.41, 5.74) is 2.75. The third kappa shape index (κ3) is 4.73. The van der Waals surface area contributed by atoms with E-state index in [2.05, 4.69) is 10.5 Å². The van der Waals surface area contributed by atoms with Gasteiger partial charge < -0.3 is 10.0 Å². The number of aromatic hydroxyl groups is 1. The zero-order chi connectivity index (χ0) is 15.9. The third-order valence-electron chi connectivity index (χ3n) is 3.39. The zero-order valence-corrected chi connectivity index (χ0v) is 12.8. The Labute approximate surface area is 133 Å². The monoisotopic (exact) mass is 323 g/mol. The molecule has 2 rings (SSSR count). The molecule has 0 radical (unpaired) electrons. The molecule has 1 aromatic carbocycles. The largest absolute Gasteiger partial charge is 0.507 e. The summed E-state index contributed by atoms with van der Waals surface area (Å²) in [5.74, 6) is -0.345. The average Bonchev–Trinajstić information content (AvgIpc) is 2.68. The van der Waals surface area contributed by atoms with Gasteiger partial charge in [0.2, 0.25) is 5.91 Å². The lowest BCUT2D eigenvalue weighted by Gasteiger charge is -2.18. The quantitative estimate of drug-likeness (QED) is 0.656. The van der Waals surface area contributed by atoms with Gasteiger partial charge in [0, 0.05) is 23.6 Å². The topological polar surface area (TPSA) is 82.0 Å². The fourth-order valence-electron chi connectivity index (χ4n) is 2.22. The van der Waals surface area contributed by atoms with Crippen molar-refractivity contribution < 1.29 is 14.7 Å². The molecule has 1 aliphatic rings. The number of nitrogens with zero attached hydrogens (tertiary/aromatic N) is 2. The van der Waals surface area contributed by atoms with Crippen LogP contribution in [0.2, 0.25) is 5.02 Å².